The van der Waals surface area contributed by atoms with Gasteiger partial charge in [-0.25, -0.2) is 0 Å². The van der Waals surface area contributed by atoms with Crippen LogP contribution in [0.15, 0.2) is 35.3 Å². The first-order valence-corrected chi connectivity index (χ1v) is 6.88. The fraction of sp³-hybridized carbons (Fsp3) is 0.400. The maximum Gasteiger partial charge on any atom is 0.241 e. The Hall–Kier alpha value is -2.21. The molecule has 0 bridgehead atoms. The quantitative estimate of drug-likeness (QED) is 0.841. The average molecular weight is 289 g/mol. The minimum Gasteiger partial charge on any atom is -0.396 e. The van der Waals surface area contributed by atoms with Crippen molar-refractivity contribution in [2.45, 2.75) is 26.4 Å². The van der Waals surface area contributed by atoms with Gasteiger partial charge in [0, 0.05) is 18.0 Å². The predicted molar refractivity (Wildman–Crippen MR) is 79.9 cm³/mol. The van der Waals surface area contributed by atoms with Gasteiger partial charge in [0.15, 0.2) is 0 Å². The van der Waals surface area contributed by atoms with Gasteiger partial charge in [0.2, 0.25) is 11.3 Å². The molecule has 0 spiro atoms. The molecule has 2 rings (SSSR count). The highest BCUT2D eigenvalue weighted by atomic mass is 16.3. The summed E-state index contributed by atoms with van der Waals surface area (Å²) in [6, 6.07) is 6.92. The number of para-hydroxylation sites is 1. The van der Waals surface area contributed by atoms with Crippen LogP contribution < -0.4 is 10.7 Å². The van der Waals surface area contributed by atoms with Gasteiger partial charge in [-0.1, -0.05) is 19.1 Å². The fourth-order valence-corrected chi connectivity index (χ4v) is 2.02. The van der Waals surface area contributed by atoms with Crippen LogP contribution in [0.2, 0.25) is 0 Å². The lowest BCUT2D eigenvalue weighted by Crippen LogP contribution is -2.40. The van der Waals surface area contributed by atoms with Crippen LogP contribution in [0.1, 0.15) is 13.8 Å². The van der Waals surface area contributed by atoms with Crippen LogP contribution in [0.25, 0.3) is 10.9 Å². The predicted octanol–water partition coefficient (Wildman–Crippen LogP) is 0.530. The van der Waals surface area contributed by atoms with Gasteiger partial charge in [0.1, 0.15) is 6.54 Å². The molecule has 1 aromatic carbocycles. The summed E-state index contributed by atoms with van der Waals surface area (Å²) < 4.78 is 1.50. The van der Waals surface area contributed by atoms with E-state index in [4.69, 9.17) is 5.11 Å². The Bertz CT molecular complexity index is 696. The molecule has 1 aromatic heterocycles. The Morgan fingerprint density at radius 1 is 1.38 bits per heavy atom. The fourth-order valence-electron chi connectivity index (χ4n) is 2.02. The average Bonchev–Trinajstić information content (AvgIpc) is 2.49. The van der Waals surface area contributed by atoms with Crippen molar-refractivity contribution in [2.24, 2.45) is 5.92 Å². The lowest BCUT2D eigenvalue weighted by molar-refractivity contribution is -0.122. The number of aliphatic hydroxyl groups is 1. The lowest BCUT2D eigenvalue weighted by atomic mass is 10.1. The standard InChI is InChI=1S/C15H19N3O3/c1-10(9-19)11(2)17-15(21)8-18-13-6-4-3-5-12(13)14(20)7-16-18/h3-7,10-11,19H,8-9H2,1-2H3,(H,17,21). The molecular formula is C15H19N3O3. The number of hydrogen-bond donors (Lipinski definition) is 2. The number of aliphatic hydroxyl groups excluding tert-OH is 1. The molecule has 0 aliphatic carbocycles. The van der Waals surface area contributed by atoms with Crippen LogP contribution in [0, 0.1) is 5.92 Å². The number of carbonyl (C=O) groups excluding carboxylic acids is 1. The molecular weight excluding hydrogens is 270 g/mol. The number of fused-ring (bicyclic) bond motifs is 1. The SMILES string of the molecule is CC(CO)C(C)NC(=O)Cn1ncc(=O)c2ccccc21. The van der Waals surface area contributed by atoms with Gasteiger partial charge in [-0.15, -0.1) is 0 Å². The van der Waals surface area contributed by atoms with Crippen LogP contribution in [-0.4, -0.2) is 33.4 Å². The van der Waals surface area contributed by atoms with E-state index in [-0.39, 0.29) is 36.4 Å². The van der Waals surface area contributed by atoms with Crippen LogP contribution >= 0.6 is 0 Å². The molecule has 6 nitrogen and oxygen atoms in total. The summed E-state index contributed by atoms with van der Waals surface area (Å²) in [6.07, 6.45) is 1.22. The van der Waals surface area contributed by atoms with Gasteiger partial charge in [0.25, 0.3) is 0 Å². The van der Waals surface area contributed by atoms with Crippen molar-refractivity contribution >= 4 is 16.8 Å². The third-order valence-electron chi connectivity index (χ3n) is 3.59. The summed E-state index contributed by atoms with van der Waals surface area (Å²) in [4.78, 5) is 23.8. The normalized spacial score (nSPS) is 13.9. The van der Waals surface area contributed by atoms with Gasteiger partial charge < -0.3 is 10.4 Å². The number of aromatic nitrogens is 2. The third-order valence-corrected chi connectivity index (χ3v) is 3.59. The van der Waals surface area contributed by atoms with Crippen molar-refractivity contribution in [1.82, 2.24) is 15.1 Å². The second-order valence-electron chi connectivity index (χ2n) is 5.20. The van der Waals surface area contributed by atoms with E-state index >= 15 is 0 Å². The molecule has 0 aliphatic heterocycles. The highest BCUT2D eigenvalue weighted by Crippen LogP contribution is 2.08. The van der Waals surface area contributed by atoms with Gasteiger partial charge >= 0.3 is 0 Å². The number of hydrogen-bond acceptors (Lipinski definition) is 4. The van der Waals surface area contributed by atoms with E-state index in [1.165, 1.54) is 10.9 Å². The zero-order valence-corrected chi connectivity index (χ0v) is 12.1. The molecule has 0 saturated heterocycles. The van der Waals surface area contributed by atoms with Crippen LogP contribution in [0.5, 0.6) is 0 Å². The van der Waals surface area contributed by atoms with E-state index in [9.17, 15) is 9.59 Å². The first kappa shape index (κ1) is 15.2. The third kappa shape index (κ3) is 3.46. The lowest BCUT2D eigenvalue weighted by Gasteiger charge is -2.19. The number of carbonyl (C=O) groups is 1. The Labute approximate surface area is 122 Å². The monoisotopic (exact) mass is 289 g/mol. The number of amides is 1. The van der Waals surface area contributed by atoms with Crippen molar-refractivity contribution < 1.29 is 9.90 Å². The van der Waals surface area contributed by atoms with E-state index in [0.717, 1.165) is 0 Å². The number of rotatable bonds is 5. The van der Waals surface area contributed by atoms with Gasteiger partial charge in [-0.3, -0.25) is 14.3 Å². The van der Waals surface area contributed by atoms with E-state index < -0.39 is 0 Å². The number of benzene rings is 1. The van der Waals surface area contributed by atoms with Gasteiger partial charge in [-0.2, -0.15) is 5.10 Å². The van der Waals surface area contributed by atoms with E-state index in [1.54, 1.807) is 24.3 Å². The summed E-state index contributed by atoms with van der Waals surface area (Å²) in [7, 11) is 0. The van der Waals surface area contributed by atoms with Crippen molar-refractivity contribution in [3.8, 4) is 0 Å². The molecule has 0 fully saturated rings. The first-order chi connectivity index (χ1) is 10.0. The summed E-state index contributed by atoms with van der Waals surface area (Å²) >= 11 is 0. The zero-order chi connectivity index (χ0) is 15.4. The Balaban J connectivity index is 2.19. The molecule has 6 heteroatoms. The van der Waals surface area contributed by atoms with Gasteiger partial charge in [-0.05, 0) is 25.0 Å². The molecule has 112 valence electrons. The Morgan fingerprint density at radius 3 is 2.81 bits per heavy atom. The Morgan fingerprint density at radius 2 is 2.10 bits per heavy atom. The molecule has 0 aliphatic rings. The molecule has 0 saturated carbocycles. The number of nitrogens with one attached hydrogen (secondary N) is 1. The molecule has 2 atom stereocenters. The maximum absolute atomic E-state index is 12.0. The van der Waals surface area contributed by atoms with E-state index in [1.807, 2.05) is 13.8 Å². The minimum absolute atomic E-state index is 0.0145. The molecule has 2 unspecified atom stereocenters. The van der Waals surface area contributed by atoms with Crippen molar-refractivity contribution in [3.63, 3.8) is 0 Å². The summed E-state index contributed by atoms with van der Waals surface area (Å²) in [5.41, 5.74) is 0.465. The van der Waals surface area contributed by atoms with Crippen molar-refractivity contribution in [2.75, 3.05) is 6.61 Å². The summed E-state index contributed by atoms with van der Waals surface area (Å²) in [6.45, 7) is 3.75. The Kier molecular flexibility index (Phi) is 4.70. The highest BCUT2D eigenvalue weighted by Gasteiger charge is 2.15. The second kappa shape index (κ2) is 6.49. The smallest absolute Gasteiger partial charge is 0.241 e. The largest absolute Gasteiger partial charge is 0.396 e. The molecule has 2 N–H and O–H groups in total. The summed E-state index contributed by atoms with van der Waals surface area (Å²) in [5.74, 6) is -0.225. The topological polar surface area (TPSA) is 84.2 Å². The van der Waals surface area contributed by atoms with Gasteiger partial charge in [0.05, 0.1) is 11.7 Å². The zero-order valence-electron chi connectivity index (χ0n) is 12.1. The van der Waals surface area contributed by atoms with Crippen LogP contribution in [-0.2, 0) is 11.3 Å². The molecule has 1 amide bonds. The minimum atomic E-state index is -0.205. The number of nitrogens with zero attached hydrogens (tertiary/aromatic N) is 2. The summed E-state index contributed by atoms with van der Waals surface area (Å²) in [5, 5.41) is 16.4. The van der Waals surface area contributed by atoms with Crippen molar-refractivity contribution in [1.29, 1.82) is 0 Å². The van der Waals surface area contributed by atoms with E-state index in [0.29, 0.717) is 10.9 Å². The van der Waals surface area contributed by atoms with Crippen LogP contribution in [0.3, 0.4) is 0 Å². The maximum atomic E-state index is 12.0. The molecule has 21 heavy (non-hydrogen) atoms. The highest BCUT2D eigenvalue weighted by molar-refractivity contribution is 5.81. The molecule has 0 radical (unpaired) electrons. The van der Waals surface area contributed by atoms with Crippen LogP contribution in [0.4, 0.5) is 0 Å². The molecule has 2 aromatic rings. The second-order valence-corrected chi connectivity index (χ2v) is 5.20. The van der Waals surface area contributed by atoms with Crippen molar-refractivity contribution in [3.05, 3.63) is 40.7 Å². The molecule has 1 heterocycles. The van der Waals surface area contributed by atoms with E-state index in [2.05, 4.69) is 10.4 Å². The first-order valence-electron chi connectivity index (χ1n) is 6.88.